The molecule has 1 aromatic heterocycles. The quantitative estimate of drug-likeness (QED) is 0.530. The number of aryl methyl sites for hydroxylation is 1. The van der Waals surface area contributed by atoms with Gasteiger partial charge < -0.3 is 9.15 Å². The fourth-order valence-electron chi connectivity index (χ4n) is 2.74. The average Bonchev–Trinajstić information content (AvgIpc) is 2.93. The summed E-state index contributed by atoms with van der Waals surface area (Å²) < 4.78 is 11.2. The molecule has 4 aromatic rings. The SMILES string of the molecule is Cc1cccc(NC(=O)Oc2ccc3oc4ccccc4c3c2)c1. The van der Waals surface area contributed by atoms with Gasteiger partial charge in [-0.2, -0.15) is 0 Å². The maximum Gasteiger partial charge on any atom is 0.417 e. The lowest BCUT2D eigenvalue weighted by atomic mass is 10.1. The van der Waals surface area contributed by atoms with Crippen molar-refractivity contribution in [1.82, 2.24) is 0 Å². The van der Waals surface area contributed by atoms with E-state index < -0.39 is 6.09 Å². The molecule has 0 saturated carbocycles. The highest BCUT2D eigenvalue weighted by Crippen LogP contribution is 2.31. The van der Waals surface area contributed by atoms with Gasteiger partial charge in [-0.1, -0.05) is 30.3 Å². The molecule has 0 atom stereocenters. The Morgan fingerprint density at radius 1 is 0.917 bits per heavy atom. The van der Waals surface area contributed by atoms with E-state index in [1.165, 1.54) is 0 Å². The first-order valence-electron chi connectivity index (χ1n) is 7.66. The van der Waals surface area contributed by atoms with Crippen molar-refractivity contribution in [1.29, 1.82) is 0 Å². The lowest BCUT2D eigenvalue weighted by molar-refractivity contribution is 0.215. The number of furan rings is 1. The minimum absolute atomic E-state index is 0.471. The summed E-state index contributed by atoms with van der Waals surface area (Å²) in [7, 11) is 0. The van der Waals surface area contributed by atoms with Crippen molar-refractivity contribution in [3.05, 3.63) is 72.3 Å². The number of carbonyl (C=O) groups is 1. The van der Waals surface area contributed by atoms with Crippen molar-refractivity contribution in [3.63, 3.8) is 0 Å². The Morgan fingerprint density at radius 2 is 1.75 bits per heavy atom. The van der Waals surface area contributed by atoms with Gasteiger partial charge in [0, 0.05) is 16.5 Å². The summed E-state index contributed by atoms with van der Waals surface area (Å²) >= 11 is 0. The Hall–Kier alpha value is -3.27. The van der Waals surface area contributed by atoms with Crippen molar-refractivity contribution in [2.24, 2.45) is 0 Å². The van der Waals surface area contributed by atoms with Crippen LogP contribution in [0.1, 0.15) is 5.56 Å². The molecule has 24 heavy (non-hydrogen) atoms. The van der Waals surface area contributed by atoms with E-state index in [0.717, 1.165) is 27.5 Å². The summed E-state index contributed by atoms with van der Waals surface area (Å²) in [5, 5.41) is 4.65. The van der Waals surface area contributed by atoms with Crippen LogP contribution in [0.15, 0.2) is 71.1 Å². The minimum Gasteiger partial charge on any atom is -0.456 e. The highest BCUT2D eigenvalue weighted by atomic mass is 16.6. The number of hydrogen-bond acceptors (Lipinski definition) is 3. The second kappa shape index (κ2) is 5.74. The van der Waals surface area contributed by atoms with E-state index in [-0.39, 0.29) is 0 Å². The second-order valence-electron chi connectivity index (χ2n) is 5.64. The topological polar surface area (TPSA) is 51.5 Å². The first kappa shape index (κ1) is 14.3. The van der Waals surface area contributed by atoms with Crippen LogP contribution in [0.5, 0.6) is 5.75 Å². The van der Waals surface area contributed by atoms with Crippen LogP contribution in [0.3, 0.4) is 0 Å². The van der Waals surface area contributed by atoms with E-state index in [1.807, 2.05) is 67.6 Å². The number of carbonyl (C=O) groups excluding carboxylic acids is 1. The van der Waals surface area contributed by atoms with Gasteiger partial charge >= 0.3 is 6.09 Å². The number of anilines is 1. The van der Waals surface area contributed by atoms with Crippen LogP contribution in [0, 0.1) is 6.92 Å². The van der Waals surface area contributed by atoms with E-state index >= 15 is 0 Å². The van der Waals surface area contributed by atoms with Crippen LogP contribution in [-0.2, 0) is 0 Å². The zero-order valence-corrected chi connectivity index (χ0v) is 13.1. The van der Waals surface area contributed by atoms with Crippen LogP contribution in [-0.4, -0.2) is 6.09 Å². The number of benzene rings is 3. The average molecular weight is 317 g/mol. The molecule has 1 amide bonds. The van der Waals surface area contributed by atoms with Gasteiger partial charge in [-0.25, -0.2) is 4.79 Å². The van der Waals surface area contributed by atoms with E-state index in [2.05, 4.69) is 5.32 Å². The monoisotopic (exact) mass is 317 g/mol. The van der Waals surface area contributed by atoms with Gasteiger partial charge in [0.05, 0.1) is 0 Å². The smallest absolute Gasteiger partial charge is 0.417 e. The van der Waals surface area contributed by atoms with Crippen molar-refractivity contribution < 1.29 is 13.9 Å². The lowest BCUT2D eigenvalue weighted by Crippen LogP contribution is -2.16. The van der Waals surface area contributed by atoms with Crippen LogP contribution in [0.2, 0.25) is 0 Å². The minimum atomic E-state index is -0.521. The molecular formula is C20H15NO3. The maximum absolute atomic E-state index is 12.1. The van der Waals surface area contributed by atoms with Crippen LogP contribution < -0.4 is 10.1 Å². The van der Waals surface area contributed by atoms with E-state index in [4.69, 9.17) is 9.15 Å². The summed E-state index contributed by atoms with van der Waals surface area (Å²) in [6.07, 6.45) is -0.521. The van der Waals surface area contributed by atoms with Gasteiger partial charge in [0.15, 0.2) is 0 Å². The summed E-state index contributed by atoms with van der Waals surface area (Å²) in [6, 6.07) is 20.7. The van der Waals surface area contributed by atoms with Crippen molar-refractivity contribution in [2.75, 3.05) is 5.32 Å². The van der Waals surface area contributed by atoms with Crippen LogP contribution >= 0.6 is 0 Å². The zero-order valence-electron chi connectivity index (χ0n) is 13.1. The van der Waals surface area contributed by atoms with Crippen molar-refractivity contribution >= 4 is 33.7 Å². The standard InChI is InChI=1S/C20H15NO3/c1-13-5-4-6-14(11-13)21-20(22)23-15-9-10-19-17(12-15)16-7-2-3-8-18(16)24-19/h2-12H,1H3,(H,21,22). The molecule has 1 N–H and O–H groups in total. The number of nitrogens with one attached hydrogen (secondary N) is 1. The maximum atomic E-state index is 12.1. The number of para-hydroxylation sites is 1. The van der Waals surface area contributed by atoms with E-state index in [9.17, 15) is 4.79 Å². The first-order valence-corrected chi connectivity index (χ1v) is 7.66. The van der Waals surface area contributed by atoms with Gasteiger partial charge in [-0.3, -0.25) is 5.32 Å². The molecule has 0 aliphatic carbocycles. The molecule has 4 rings (SSSR count). The lowest BCUT2D eigenvalue weighted by Gasteiger charge is -2.07. The molecule has 4 heteroatoms. The third-order valence-electron chi connectivity index (χ3n) is 3.82. The second-order valence-corrected chi connectivity index (χ2v) is 5.64. The molecule has 0 fully saturated rings. The molecule has 0 aliphatic rings. The highest BCUT2D eigenvalue weighted by molar-refractivity contribution is 6.05. The number of fused-ring (bicyclic) bond motifs is 3. The van der Waals surface area contributed by atoms with Crippen molar-refractivity contribution in [3.8, 4) is 5.75 Å². The molecule has 0 radical (unpaired) electrons. The normalized spacial score (nSPS) is 10.9. The number of amides is 1. The Kier molecular flexibility index (Phi) is 3.43. The third-order valence-corrected chi connectivity index (χ3v) is 3.82. The van der Waals surface area contributed by atoms with E-state index in [1.54, 1.807) is 6.07 Å². The predicted octanol–water partition coefficient (Wildman–Crippen LogP) is 5.51. The van der Waals surface area contributed by atoms with Gasteiger partial charge in [0.25, 0.3) is 0 Å². The molecular weight excluding hydrogens is 302 g/mol. The molecule has 0 spiro atoms. The number of ether oxygens (including phenoxy) is 1. The number of hydrogen-bond donors (Lipinski definition) is 1. The molecule has 0 saturated heterocycles. The highest BCUT2D eigenvalue weighted by Gasteiger charge is 2.10. The summed E-state index contributed by atoms with van der Waals surface area (Å²) in [5.41, 5.74) is 3.35. The molecule has 4 nitrogen and oxygen atoms in total. The molecule has 0 aliphatic heterocycles. The summed E-state index contributed by atoms with van der Waals surface area (Å²) in [4.78, 5) is 12.1. The number of rotatable bonds is 2. The Bertz CT molecular complexity index is 1050. The molecule has 1 heterocycles. The molecule has 0 unspecified atom stereocenters. The van der Waals surface area contributed by atoms with E-state index in [0.29, 0.717) is 11.4 Å². The predicted molar refractivity (Wildman–Crippen MR) is 94.5 cm³/mol. The van der Waals surface area contributed by atoms with Crippen LogP contribution in [0.25, 0.3) is 21.9 Å². The first-order chi connectivity index (χ1) is 11.7. The molecule has 118 valence electrons. The Labute approximate surface area is 138 Å². The zero-order chi connectivity index (χ0) is 16.5. The fourth-order valence-corrected chi connectivity index (χ4v) is 2.74. The van der Waals surface area contributed by atoms with Crippen molar-refractivity contribution in [2.45, 2.75) is 6.92 Å². The molecule has 0 bridgehead atoms. The van der Waals surface area contributed by atoms with Gasteiger partial charge in [0.1, 0.15) is 16.9 Å². The van der Waals surface area contributed by atoms with Gasteiger partial charge in [-0.05, 0) is 48.9 Å². The Morgan fingerprint density at radius 3 is 2.62 bits per heavy atom. The van der Waals surface area contributed by atoms with Gasteiger partial charge in [-0.15, -0.1) is 0 Å². The summed E-state index contributed by atoms with van der Waals surface area (Å²) in [5.74, 6) is 0.471. The van der Waals surface area contributed by atoms with Crippen LogP contribution in [0.4, 0.5) is 10.5 Å². The largest absolute Gasteiger partial charge is 0.456 e. The fraction of sp³-hybridized carbons (Fsp3) is 0.0500. The molecule has 3 aromatic carbocycles. The third kappa shape index (κ3) is 2.70. The Balaban J connectivity index is 1.60. The van der Waals surface area contributed by atoms with Gasteiger partial charge in [0.2, 0.25) is 0 Å². The summed E-state index contributed by atoms with van der Waals surface area (Å²) in [6.45, 7) is 1.97.